The second-order valence-corrected chi connectivity index (χ2v) is 6.09. The van der Waals surface area contributed by atoms with Crippen LogP contribution in [0.15, 0.2) is 44.2 Å². The number of aromatic nitrogens is 2. The van der Waals surface area contributed by atoms with E-state index >= 15 is 0 Å². The molecule has 0 spiro atoms. The number of hydrogen-bond acceptors (Lipinski definition) is 1. The SMILES string of the molecule is Brc1ccc(-c2cscc2-c2ccc(Br)[nH]2)[nH]1. The van der Waals surface area contributed by atoms with Gasteiger partial charge in [0.25, 0.3) is 0 Å². The first kappa shape index (κ1) is 11.3. The number of rotatable bonds is 2. The van der Waals surface area contributed by atoms with Crippen molar-refractivity contribution in [2.75, 3.05) is 0 Å². The summed E-state index contributed by atoms with van der Waals surface area (Å²) in [5.41, 5.74) is 4.68. The van der Waals surface area contributed by atoms with Crippen molar-refractivity contribution in [1.82, 2.24) is 9.97 Å². The molecule has 0 unspecified atom stereocenters. The maximum atomic E-state index is 3.44. The van der Waals surface area contributed by atoms with E-state index in [1.165, 1.54) is 11.1 Å². The van der Waals surface area contributed by atoms with Crippen molar-refractivity contribution in [3.8, 4) is 22.5 Å². The third kappa shape index (κ3) is 2.14. The average Bonchev–Trinajstić information content (AvgIpc) is 2.96. The highest BCUT2D eigenvalue weighted by Crippen LogP contribution is 2.35. The zero-order valence-corrected chi connectivity index (χ0v) is 12.6. The predicted molar refractivity (Wildman–Crippen MR) is 79.3 cm³/mol. The Kier molecular flexibility index (Phi) is 2.98. The summed E-state index contributed by atoms with van der Waals surface area (Å²) < 4.78 is 2.00. The first-order valence-corrected chi connectivity index (χ1v) is 7.53. The van der Waals surface area contributed by atoms with Gasteiger partial charge in [0.1, 0.15) is 0 Å². The summed E-state index contributed by atoms with van der Waals surface area (Å²) >= 11 is 8.57. The van der Waals surface area contributed by atoms with Crippen LogP contribution < -0.4 is 0 Å². The fourth-order valence-electron chi connectivity index (χ4n) is 1.77. The zero-order chi connectivity index (χ0) is 11.8. The van der Waals surface area contributed by atoms with Crippen molar-refractivity contribution < 1.29 is 0 Å². The van der Waals surface area contributed by atoms with Gasteiger partial charge in [-0.1, -0.05) is 0 Å². The quantitative estimate of drug-likeness (QED) is 0.615. The molecule has 3 aromatic heterocycles. The Morgan fingerprint density at radius 2 is 1.24 bits per heavy atom. The minimum atomic E-state index is 0.998. The van der Waals surface area contributed by atoms with Gasteiger partial charge in [-0.25, -0.2) is 0 Å². The molecular weight excluding hydrogens is 364 g/mol. The van der Waals surface area contributed by atoms with Crippen molar-refractivity contribution in [2.24, 2.45) is 0 Å². The molecule has 0 fully saturated rings. The Balaban J connectivity index is 2.11. The standard InChI is InChI=1S/C12H8Br2N2S/c13-11-3-1-9(15-11)7-5-17-6-8(7)10-2-4-12(14)16-10/h1-6,15-16H. The van der Waals surface area contributed by atoms with Crippen molar-refractivity contribution >= 4 is 43.2 Å². The number of H-pyrrole nitrogens is 2. The highest BCUT2D eigenvalue weighted by molar-refractivity contribution is 9.10. The summed E-state index contributed by atoms with van der Waals surface area (Å²) in [6.45, 7) is 0. The molecule has 3 heterocycles. The number of nitrogens with one attached hydrogen (secondary N) is 2. The molecule has 0 aliphatic heterocycles. The van der Waals surface area contributed by atoms with Gasteiger partial charge in [0.15, 0.2) is 0 Å². The van der Waals surface area contributed by atoms with Gasteiger partial charge in [0, 0.05) is 33.3 Å². The third-order valence-electron chi connectivity index (χ3n) is 2.54. The molecule has 0 saturated heterocycles. The van der Waals surface area contributed by atoms with Gasteiger partial charge >= 0.3 is 0 Å². The second kappa shape index (κ2) is 4.48. The summed E-state index contributed by atoms with van der Waals surface area (Å²) in [6, 6.07) is 8.18. The van der Waals surface area contributed by atoms with Crippen LogP contribution in [0.1, 0.15) is 0 Å². The minimum absolute atomic E-state index is 0.998. The van der Waals surface area contributed by atoms with Crippen LogP contribution in [-0.2, 0) is 0 Å². The molecule has 0 amide bonds. The zero-order valence-electron chi connectivity index (χ0n) is 8.63. The van der Waals surface area contributed by atoms with Gasteiger partial charge in [-0.2, -0.15) is 11.3 Å². The van der Waals surface area contributed by atoms with Gasteiger partial charge in [-0.3, -0.25) is 0 Å². The molecule has 0 bridgehead atoms. The number of thiophene rings is 1. The first-order chi connectivity index (χ1) is 8.24. The Labute approximate surface area is 119 Å². The molecule has 0 saturated carbocycles. The van der Waals surface area contributed by atoms with Crippen molar-refractivity contribution in [3.05, 3.63) is 44.2 Å². The molecule has 0 atom stereocenters. The first-order valence-electron chi connectivity index (χ1n) is 5.00. The summed E-state index contributed by atoms with van der Waals surface area (Å²) in [5, 5.41) is 4.31. The monoisotopic (exact) mass is 370 g/mol. The Bertz CT molecular complexity index is 596. The number of hydrogen-bond donors (Lipinski definition) is 2. The number of aromatic amines is 2. The molecule has 0 aliphatic carbocycles. The van der Waals surface area contributed by atoms with Crippen molar-refractivity contribution in [3.63, 3.8) is 0 Å². The van der Waals surface area contributed by atoms with E-state index in [2.05, 4.69) is 64.7 Å². The van der Waals surface area contributed by atoms with E-state index in [0.717, 1.165) is 20.6 Å². The molecule has 86 valence electrons. The summed E-state index contributed by atoms with van der Waals surface area (Å²) in [4.78, 5) is 6.59. The van der Waals surface area contributed by atoms with Crippen LogP contribution in [0, 0.1) is 0 Å². The topological polar surface area (TPSA) is 31.6 Å². The minimum Gasteiger partial charge on any atom is -0.349 e. The van der Waals surface area contributed by atoms with Crippen LogP contribution in [0.5, 0.6) is 0 Å². The lowest BCUT2D eigenvalue weighted by molar-refractivity contribution is 1.34. The normalized spacial score (nSPS) is 10.9. The van der Waals surface area contributed by atoms with Gasteiger partial charge in [-0.05, 0) is 56.1 Å². The van der Waals surface area contributed by atoms with Gasteiger partial charge in [0.05, 0.1) is 9.21 Å². The lowest BCUT2D eigenvalue weighted by atomic mass is 10.1. The van der Waals surface area contributed by atoms with Crippen LogP contribution in [0.4, 0.5) is 0 Å². The molecule has 3 aromatic rings. The highest BCUT2D eigenvalue weighted by Gasteiger charge is 2.11. The van der Waals surface area contributed by atoms with Gasteiger partial charge in [0.2, 0.25) is 0 Å². The smallest absolute Gasteiger partial charge is 0.0824 e. The van der Waals surface area contributed by atoms with E-state index in [-0.39, 0.29) is 0 Å². The predicted octanol–water partition coefficient (Wildman–Crippen LogP) is 5.26. The lowest BCUT2D eigenvalue weighted by Gasteiger charge is -2.00. The highest BCUT2D eigenvalue weighted by atomic mass is 79.9. The summed E-state index contributed by atoms with van der Waals surface area (Å²) in [6.07, 6.45) is 0. The van der Waals surface area contributed by atoms with E-state index < -0.39 is 0 Å². The Morgan fingerprint density at radius 1 is 0.765 bits per heavy atom. The fourth-order valence-corrected chi connectivity index (χ4v) is 3.30. The fraction of sp³-hybridized carbons (Fsp3) is 0. The van der Waals surface area contributed by atoms with Crippen molar-refractivity contribution in [1.29, 1.82) is 0 Å². The molecule has 0 aromatic carbocycles. The second-order valence-electron chi connectivity index (χ2n) is 3.64. The summed E-state index contributed by atoms with van der Waals surface area (Å²) in [5.74, 6) is 0. The van der Waals surface area contributed by atoms with E-state index in [1.807, 2.05) is 12.1 Å². The summed E-state index contributed by atoms with van der Waals surface area (Å²) in [7, 11) is 0. The molecule has 3 rings (SSSR count). The van der Waals surface area contributed by atoms with Crippen LogP contribution in [0.25, 0.3) is 22.5 Å². The Morgan fingerprint density at radius 3 is 1.59 bits per heavy atom. The molecule has 17 heavy (non-hydrogen) atoms. The van der Waals surface area contributed by atoms with Gasteiger partial charge in [-0.15, -0.1) is 0 Å². The molecule has 2 nitrogen and oxygen atoms in total. The van der Waals surface area contributed by atoms with Crippen LogP contribution in [-0.4, -0.2) is 9.97 Å². The van der Waals surface area contributed by atoms with E-state index in [0.29, 0.717) is 0 Å². The van der Waals surface area contributed by atoms with E-state index in [9.17, 15) is 0 Å². The molecule has 0 aliphatic rings. The third-order valence-corrected chi connectivity index (χ3v) is 4.21. The number of halogens is 2. The molecule has 2 N–H and O–H groups in total. The lowest BCUT2D eigenvalue weighted by Crippen LogP contribution is -1.80. The molecule has 0 radical (unpaired) electrons. The molecule has 5 heteroatoms. The van der Waals surface area contributed by atoms with Gasteiger partial charge < -0.3 is 9.97 Å². The average molecular weight is 372 g/mol. The molecular formula is C12H8Br2N2S. The van der Waals surface area contributed by atoms with Crippen LogP contribution in [0.3, 0.4) is 0 Å². The largest absolute Gasteiger partial charge is 0.349 e. The van der Waals surface area contributed by atoms with E-state index in [1.54, 1.807) is 11.3 Å². The Hall–Kier alpha value is -0.780. The van der Waals surface area contributed by atoms with E-state index in [4.69, 9.17) is 0 Å². The maximum Gasteiger partial charge on any atom is 0.0824 e. The van der Waals surface area contributed by atoms with Crippen LogP contribution >= 0.6 is 43.2 Å². The van der Waals surface area contributed by atoms with Crippen LogP contribution in [0.2, 0.25) is 0 Å². The maximum absolute atomic E-state index is 3.44. The van der Waals surface area contributed by atoms with Crippen molar-refractivity contribution in [2.45, 2.75) is 0 Å².